The Kier molecular flexibility index (Phi) is 26.0. The first-order valence-corrected chi connectivity index (χ1v) is 20.4. The van der Waals surface area contributed by atoms with E-state index >= 15 is 0 Å². The quantitative estimate of drug-likeness (QED) is 0.146. The minimum atomic E-state index is 0.297. The van der Waals surface area contributed by atoms with Gasteiger partial charge in [0.15, 0.2) is 0 Å². The average Bonchev–Trinajstić information content (AvgIpc) is 3.38. The summed E-state index contributed by atoms with van der Waals surface area (Å²) < 4.78 is 0.912. The second-order valence-electron chi connectivity index (χ2n) is 15.4. The highest BCUT2D eigenvalue weighted by molar-refractivity contribution is 7.79. The molecule has 6 atom stereocenters. The zero-order chi connectivity index (χ0) is 34.4. The second-order valence-corrected chi connectivity index (χ2v) is 15.4. The van der Waals surface area contributed by atoms with Crippen molar-refractivity contribution in [2.75, 3.05) is 40.5 Å². The van der Waals surface area contributed by atoms with Crippen molar-refractivity contribution in [2.45, 2.75) is 172 Å². The number of carbonyl (C=O) groups is 1. The predicted molar refractivity (Wildman–Crippen MR) is 204 cm³/mol. The molecule has 1 N–H and O–H groups in total. The Labute approximate surface area is 285 Å². The summed E-state index contributed by atoms with van der Waals surface area (Å²) in [5, 5.41) is 3.19. The molecule has 0 aromatic carbocycles. The van der Waals surface area contributed by atoms with Crippen molar-refractivity contribution in [3.63, 3.8) is 0 Å². The van der Waals surface area contributed by atoms with Crippen LogP contribution >= 0.6 is 12.6 Å². The fourth-order valence-electron chi connectivity index (χ4n) is 8.74. The van der Waals surface area contributed by atoms with E-state index in [2.05, 4.69) is 66.8 Å². The fraction of sp³-hybridized carbons (Fsp3) is 0.975. The number of nitrogens with zero attached hydrogens (tertiary/aromatic N) is 1. The number of hydrogen-bond donors (Lipinski definition) is 2. The highest BCUT2D eigenvalue weighted by Gasteiger charge is 2.55. The van der Waals surface area contributed by atoms with Crippen LogP contribution in [0.5, 0.6) is 0 Å². The maximum absolute atomic E-state index is 12.5. The lowest BCUT2D eigenvalue weighted by Crippen LogP contribution is -2.44. The largest absolute Gasteiger partial charge is 0.350 e. The Morgan fingerprint density at radius 1 is 0.886 bits per heavy atom. The summed E-state index contributed by atoms with van der Waals surface area (Å²) in [6.07, 6.45) is 24.0. The van der Waals surface area contributed by atoms with Gasteiger partial charge in [-0.3, -0.25) is 4.79 Å². The van der Waals surface area contributed by atoms with Gasteiger partial charge in [0.25, 0.3) is 0 Å². The van der Waals surface area contributed by atoms with Crippen LogP contribution < -0.4 is 5.32 Å². The third kappa shape index (κ3) is 16.1. The van der Waals surface area contributed by atoms with Gasteiger partial charge in [-0.05, 0) is 111 Å². The molecule has 266 valence electrons. The van der Waals surface area contributed by atoms with Crippen molar-refractivity contribution < 1.29 is 9.28 Å². The molecule has 4 aliphatic carbocycles. The highest BCUT2D eigenvalue weighted by Crippen LogP contribution is 2.65. The van der Waals surface area contributed by atoms with E-state index in [0.717, 1.165) is 47.7 Å². The molecule has 0 aromatic heterocycles. The zero-order valence-corrected chi connectivity index (χ0v) is 33.8. The molecular weight excluding hydrogens is 557 g/mol. The van der Waals surface area contributed by atoms with Crippen LogP contribution in [0.1, 0.15) is 172 Å². The van der Waals surface area contributed by atoms with Gasteiger partial charge in [0, 0.05) is 6.42 Å². The molecule has 4 saturated carbocycles. The topological polar surface area (TPSA) is 29.1 Å². The van der Waals surface area contributed by atoms with Crippen LogP contribution in [0.15, 0.2) is 0 Å². The smallest absolute Gasteiger partial charge is 0.220 e. The van der Waals surface area contributed by atoms with Gasteiger partial charge in [-0.1, -0.05) is 101 Å². The summed E-state index contributed by atoms with van der Waals surface area (Å²) in [4.78, 5) is 12.5. The first kappa shape index (κ1) is 45.9. The van der Waals surface area contributed by atoms with Crippen LogP contribution in [0.4, 0.5) is 0 Å². The van der Waals surface area contributed by atoms with Crippen LogP contribution in [0.2, 0.25) is 0 Å². The number of quaternary nitrogens is 1. The van der Waals surface area contributed by atoms with Gasteiger partial charge in [0.1, 0.15) is 0 Å². The van der Waals surface area contributed by atoms with E-state index in [-0.39, 0.29) is 0 Å². The van der Waals surface area contributed by atoms with Crippen LogP contribution in [-0.4, -0.2) is 50.9 Å². The summed E-state index contributed by atoms with van der Waals surface area (Å²) >= 11 is 3.53. The number of likely N-dealkylation sites (N-methyl/N-ethyl adjacent to an activating group) is 1. The van der Waals surface area contributed by atoms with E-state index in [9.17, 15) is 4.79 Å². The molecule has 4 aliphatic rings. The summed E-state index contributed by atoms with van der Waals surface area (Å²) in [6, 6.07) is 0. The van der Waals surface area contributed by atoms with Crippen molar-refractivity contribution in [3.05, 3.63) is 0 Å². The maximum atomic E-state index is 12.5. The number of fused-ring (bicyclic) bond motifs is 3. The molecule has 0 saturated heterocycles. The molecule has 4 rings (SSSR count). The molecule has 1 amide bonds. The molecule has 0 heterocycles. The number of rotatable bonds is 9. The monoisotopic (exact) mass is 642 g/mol. The van der Waals surface area contributed by atoms with Crippen molar-refractivity contribution >= 4 is 18.5 Å². The third-order valence-corrected chi connectivity index (χ3v) is 11.0. The lowest BCUT2D eigenvalue weighted by Gasteiger charge is -2.52. The molecule has 44 heavy (non-hydrogen) atoms. The van der Waals surface area contributed by atoms with E-state index in [4.69, 9.17) is 0 Å². The van der Waals surface area contributed by atoms with Gasteiger partial charge in [0.2, 0.25) is 5.91 Å². The van der Waals surface area contributed by atoms with Crippen LogP contribution in [0.25, 0.3) is 0 Å². The van der Waals surface area contributed by atoms with Crippen molar-refractivity contribution in [1.82, 2.24) is 5.32 Å². The van der Waals surface area contributed by atoms with Gasteiger partial charge < -0.3 is 9.80 Å². The van der Waals surface area contributed by atoms with E-state index in [0.29, 0.717) is 22.7 Å². The van der Waals surface area contributed by atoms with Gasteiger partial charge in [-0.25, -0.2) is 0 Å². The first-order valence-electron chi connectivity index (χ1n) is 19.5. The average molecular weight is 642 g/mol. The standard InChI is InChI=1S/C25H44N2O.C8H18.3C2H6.CH4S/c1-24-10-5-6-22(24)20-7-8-21-16-19(9-11-25(21,18-20)13-12-24)17-23(28)26-14-15-27(2,3)4;1-4-5-6-7-8(2)3;4*1-2/h19-22H,5-18H2,1-4H3;8H,4-7H2,1-3H3;3*1-2H3;2H,1H3/p+1. The van der Waals surface area contributed by atoms with Crippen molar-refractivity contribution in [1.29, 1.82) is 0 Å². The van der Waals surface area contributed by atoms with Gasteiger partial charge in [-0.2, -0.15) is 12.6 Å². The molecule has 2 bridgehead atoms. The van der Waals surface area contributed by atoms with Crippen LogP contribution in [0, 0.1) is 40.4 Å². The van der Waals surface area contributed by atoms with E-state index in [1.54, 1.807) is 6.26 Å². The summed E-state index contributed by atoms with van der Waals surface area (Å²) in [5.41, 5.74) is 1.30. The van der Waals surface area contributed by atoms with Gasteiger partial charge in [-0.15, -0.1) is 0 Å². The molecule has 0 radical (unpaired) electrons. The fourth-order valence-corrected chi connectivity index (χ4v) is 8.74. The summed E-state index contributed by atoms with van der Waals surface area (Å²) in [5.74, 6) is 4.78. The normalized spacial score (nSPS) is 29.8. The zero-order valence-electron chi connectivity index (χ0n) is 32.9. The Morgan fingerprint density at radius 3 is 2.09 bits per heavy atom. The molecule has 6 unspecified atom stereocenters. The number of nitrogens with one attached hydrogen (secondary N) is 1. The minimum Gasteiger partial charge on any atom is -0.350 e. The lowest BCUT2D eigenvalue weighted by atomic mass is 9.53. The number of carbonyl (C=O) groups excluding carboxylic acids is 1. The van der Waals surface area contributed by atoms with Gasteiger partial charge in [0.05, 0.1) is 34.2 Å². The number of hydrogen-bond acceptors (Lipinski definition) is 2. The van der Waals surface area contributed by atoms with E-state index < -0.39 is 0 Å². The minimum absolute atomic E-state index is 0.297. The van der Waals surface area contributed by atoms with Gasteiger partial charge >= 0.3 is 0 Å². The molecule has 3 nitrogen and oxygen atoms in total. The lowest BCUT2D eigenvalue weighted by molar-refractivity contribution is -0.869. The molecule has 0 aliphatic heterocycles. The Bertz CT molecular complexity index is 689. The van der Waals surface area contributed by atoms with Crippen molar-refractivity contribution in [2.24, 2.45) is 40.4 Å². The molecule has 4 fully saturated rings. The Morgan fingerprint density at radius 2 is 1.52 bits per heavy atom. The molecule has 4 heteroatoms. The number of thiol groups is 1. The van der Waals surface area contributed by atoms with Crippen LogP contribution in [-0.2, 0) is 4.79 Å². The number of amides is 1. The predicted octanol–water partition coefficient (Wildman–Crippen LogP) is 11.8. The first-order chi connectivity index (χ1) is 21.0. The van der Waals surface area contributed by atoms with Crippen molar-refractivity contribution in [3.8, 4) is 0 Å². The second kappa shape index (κ2) is 24.9. The molecular formula is C40H85N2OS+. The number of unbranched alkanes of at least 4 members (excludes halogenated alkanes) is 2. The summed E-state index contributed by atoms with van der Waals surface area (Å²) in [7, 11) is 6.55. The van der Waals surface area contributed by atoms with Crippen LogP contribution in [0.3, 0.4) is 0 Å². The van der Waals surface area contributed by atoms with E-state index in [1.807, 2.05) is 41.5 Å². The molecule has 0 aromatic rings. The Hall–Kier alpha value is -0.220. The maximum Gasteiger partial charge on any atom is 0.220 e. The molecule has 1 spiro atoms. The summed E-state index contributed by atoms with van der Waals surface area (Å²) in [6.45, 7) is 23.3. The third-order valence-electron chi connectivity index (χ3n) is 11.0. The Balaban J connectivity index is 0. The highest BCUT2D eigenvalue weighted by atomic mass is 32.1. The SMILES string of the molecule is CC.CC.CC.CC12CCCC1C1CCC3CC(CC(=O)NCC[N+](C)(C)C)CCC3(CC2)C1.CCCCCC(C)C.CS. The van der Waals surface area contributed by atoms with E-state index in [1.165, 1.54) is 96.3 Å².